The molecule has 3 aromatic rings. The molecule has 0 radical (unpaired) electrons. The van der Waals surface area contributed by atoms with Crippen LogP contribution in [0, 0.1) is 57.7 Å². The number of fused-ring (bicyclic) bond motifs is 6. The van der Waals surface area contributed by atoms with Crippen molar-refractivity contribution in [3.05, 3.63) is 89.5 Å². The van der Waals surface area contributed by atoms with Crippen molar-refractivity contribution in [1.29, 1.82) is 5.26 Å². The van der Waals surface area contributed by atoms with E-state index in [2.05, 4.69) is 63.5 Å². The average molecular weight is 768 g/mol. The largest absolute Gasteiger partial charge is 0.446 e. The summed E-state index contributed by atoms with van der Waals surface area (Å²) in [4.78, 5) is 25.6. The molecule has 3 fully saturated rings. The smallest absolute Gasteiger partial charge is 0.407 e. The van der Waals surface area contributed by atoms with Crippen molar-refractivity contribution in [2.75, 3.05) is 11.9 Å². The van der Waals surface area contributed by atoms with Gasteiger partial charge in [-0.1, -0.05) is 114 Å². The summed E-state index contributed by atoms with van der Waals surface area (Å²) >= 11 is 0. The summed E-state index contributed by atoms with van der Waals surface area (Å²) in [7, 11) is 0. The van der Waals surface area contributed by atoms with Crippen LogP contribution in [0.2, 0.25) is 0 Å². The van der Waals surface area contributed by atoms with Crippen molar-refractivity contribution in [3.63, 3.8) is 0 Å². The quantitative estimate of drug-likeness (QED) is 0.0784. The standard InChI is InChI=1S/C51H65N3O3/c1-34(2)10-8-11-35(3)45-23-24-46-44-22-19-41-32-43(25-27-50(41,4)47(44)26-28-51(45,46)5)57-49(56)53-29-9-14-48(55)54-42-20-15-36(16-21-42)30-40(33-52)39-18-17-37-12-6-7-13-38(37)31-39/h6-7,12-13,15-21,30-31,34-35,43-47H,8-11,14,22-29,32H2,1-5H3,(H,53,56)(H,54,55)/b40-30+/t35-,43?,44+,45-,46+,47+,50+,51-/m1/s1. The van der Waals surface area contributed by atoms with Gasteiger partial charge in [-0.2, -0.15) is 5.26 Å². The fraction of sp³-hybridized carbons (Fsp3) is 0.549. The molecule has 302 valence electrons. The third-order valence-electron chi connectivity index (χ3n) is 15.1. The molecule has 0 saturated heterocycles. The molecular weight excluding hydrogens is 703 g/mol. The molecular formula is C51H65N3O3. The first kappa shape index (κ1) is 40.8. The van der Waals surface area contributed by atoms with E-state index in [0.717, 1.165) is 76.7 Å². The molecule has 57 heavy (non-hydrogen) atoms. The highest BCUT2D eigenvalue weighted by molar-refractivity contribution is 5.95. The van der Waals surface area contributed by atoms with Gasteiger partial charge >= 0.3 is 6.09 Å². The lowest BCUT2D eigenvalue weighted by Crippen LogP contribution is -2.51. The van der Waals surface area contributed by atoms with Crippen LogP contribution in [0.5, 0.6) is 0 Å². The van der Waals surface area contributed by atoms with Crippen LogP contribution < -0.4 is 10.6 Å². The maximum atomic E-state index is 12.9. The molecule has 0 bridgehead atoms. The predicted molar refractivity (Wildman–Crippen MR) is 233 cm³/mol. The summed E-state index contributed by atoms with van der Waals surface area (Å²) in [5, 5.41) is 17.9. The molecule has 3 saturated carbocycles. The molecule has 0 aliphatic heterocycles. The Labute approximate surface area is 341 Å². The van der Waals surface area contributed by atoms with Crippen LogP contribution in [0.15, 0.2) is 78.4 Å². The number of nitriles is 1. The van der Waals surface area contributed by atoms with Crippen molar-refractivity contribution in [2.24, 2.45) is 46.3 Å². The second kappa shape index (κ2) is 17.6. The molecule has 4 aliphatic rings. The van der Waals surface area contributed by atoms with Gasteiger partial charge in [0, 0.05) is 25.1 Å². The van der Waals surface area contributed by atoms with Crippen LogP contribution in [0.4, 0.5) is 10.5 Å². The van der Waals surface area contributed by atoms with E-state index in [9.17, 15) is 14.9 Å². The summed E-state index contributed by atoms with van der Waals surface area (Å²) in [6.45, 7) is 12.9. The number of allylic oxidation sites excluding steroid dienone is 2. The highest BCUT2D eigenvalue weighted by Gasteiger charge is 2.59. The Morgan fingerprint density at radius 1 is 0.912 bits per heavy atom. The van der Waals surface area contributed by atoms with Gasteiger partial charge in [-0.05, 0) is 144 Å². The summed E-state index contributed by atoms with van der Waals surface area (Å²) in [6.07, 6.45) is 18.5. The van der Waals surface area contributed by atoms with E-state index >= 15 is 0 Å². The van der Waals surface area contributed by atoms with Crippen molar-refractivity contribution in [1.82, 2.24) is 5.32 Å². The third kappa shape index (κ3) is 9.04. The lowest BCUT2D eigenvalue weighted by molar-refractivity contribution is -0.116. The average Bonchev–Trinajstić information content (AvgIpc) is 3.56. The van der Waals surface area contributed by atoms with Crippen LogP contribution in [-0.4, -0.2) is 24.6 Å². The molecule has 8 atom stereocenters. The highest BCUT2D eigenvalue weighted by Crippen LogP contribution is 2.67. The van der Waals surface area contributed by atoms with Gasteiger partial charge in [0.1, 0.15) is 6.10 Å². The lowest BCUT2D eigenvalue weighted by atomic mass is 9.47. The first-order chi connectivity index (χ1) is 27.5. The molecule has 0 aromatic heterocycles. The minimum atomic E-state index is -0.379. The van der Waals surface area contributed by atoms with Crippen molar-refractivity contribution in [3.8, 4) is 6.07 Å². The number of hydrogen-bond donors (Lipinski definition) is 2. The first-order valence-corrected chi connectivity index (χ1v) is 22.1. The second-order valence-electron chi connectivity index (χ2n) is 19.0. The molecule has 2 N–H and O–H groups in total. The molecule has 7 rings (SSSR count). The van der Waals surface area contributed by atoms with E-state index in [4.69, 9.17) is 4.74 Å². The van der Waals surface area contributed by atoms with E-state index in [1.807, 2.05) is 66.7 Å². The number of alkyl carbamates (subject to hydrolysis) is 1. The van der Waals surface area contributed by atoms with Gasteiger partial charge < -0.3 is 15.4 Å². The van der Waals surface area contributed by atoms with Crippen LogP contribution in [0.3, 0.4) is 0 Å². The lowest BCUT2D eigenvalue weighted by Gasteiger charge is -2.58. The van der Waals surface area contributed by atoms with Gasteiger partial charge in [-0.15, -0.1) is 0 Å². The zero-order valence-corrected chi connectivity index (χ0v) is 35.1. The second-order valence-corrected chi connectivity index (χ2v) is 19.0. The maximum absolute atomic E-state index is 12.9. The number of carbonyl (C=O) groups excluding carboxylic acids is 2. The monoisotopic (exact) mass is 768 g/mol. The zero-order valence-electron chi connectivity index (χ0n) is 35.1. The van der Waals surface area contributed by atoms with E-state index in [-0.39, 0.29) is 29.9 Å². The van der Waals surface area contributed by atoms with Crippen LogP contribution in [-0.2, 0) is 9.53 Å². The SMILES string of the molecule is CC(C)CCC[C@@H](C)[C@H]1CC[C@H]2[C@@H]3CC=C4CC(OC(=O)NCCCC(=O)Nc5ccc(/C=C(\C#N)c6ccc7ccccc7c6)cc5)CC[C@]4(C)[C@H]3CC[C@]12C. The fourth-order valence-corrected chi connectivity index (χ4v) is 12.0. The van der Waals surface area contributed by atoms with Crippen molar-refractivity contribution >= 4 is 40.1 Å². The molecule has 4 aliphatic carbocycles. The number of amides is 2. The summed E-state index contributed by atoms with van der Waals surface area (Å²) in [6, 6.07) is 23.9. The van der Waals surface area contributed by atoms with Crippen LogP contribution >= 0.6 is 0 Å². The minimum Gasteiger partial charge on any atom is -0.446 e. The molecule has 1 unspecified atom stereocenters. The topological polar surface area (TPSA) is 91.2 Å². The predicted octanol–water partition coefficient (Wildman–Crippen LogP) is 12.8. The molecule has 2 amide bonds. The summed E-state index contributed by atoms with van der Waals surface area (Å²) in [5.41, 5.74) is 5.27. The molecule has 0 heterocycles. The molecule has 3 aromatic carbocycles. The number of anilines is 1. The van der Waals surface area contributed by atoms with Gasteiger partial charge in [-0.3, -0.25) is 4.79 Å². The first-order valence-electron chi connectivity index (χ1n) is 22.1. The fourth-order valence-electron chi connectivity index (χ4n) is 12.0. The van der Waals surface area contributed by atoms with Crippen LogP contribution in [0.1, 0.15) is 129 Å². The van der Waals surface area contributed by atoms with Crippen molar-refractivity contribution in [2.45, 2.75) is 124 Å². The van der Waals surface area contributed by atoms with E-state index in [1.54, 1.807) is 0 Å². The van der Waals surface area contributed by atoms with Crippen molar-refractivity contribution < 1.29 is 14.3 Å². The normalized spacial score (nSPS) is 28.7. The van der Waals surface area contributed by atoms with Gasteiger partial charge in [0.15, 0.2) is 0 Å². The Hall–Kier alpha value is -4.37. The number of rotatable bonds is 13. The Morgan fingerprint density at radius 2 is 1.70 bits per heavy atom. The molecule has 6 nitrogen and oxygen atoms in total. The summed E-state index contributed by atoms with van der Waals surface area (Å²) < 4.78 is 5.97. The van der Waals surface area contributed by atoms with Gasteiger partial charge in [0.05, 0.1) is 11.6 Å². The maximum Gasteiger partial charge on any atom is 0.407 e. The van der Waals surface area contributed by atoms with E-state index in [0.29, 0.717) is 29.6 Å². The molecule has 0 spiro atoms. The van der Waals surface area contributed by atoms with E-state index in [1.165, 1.54) is 56.9 Å². The number of benzene rings is 3. The number of carbonyl (C=O) groups is 2. The Morgan fingerprint density at radius 3 is 2.47 bits per heavy atom. The van der Waals surface area contributed by atoms with Gasteiger partial charge in [0.2, 0.25) is 5.91 Å². The zero-order chi connectivity index (χ0) is 40.2. The van der Waals surface area contributed by atoms with Crippen LogP contribution in [0.25, 0.3) is 22.4 Å². The third-order valence-corrected chi connectivity index (χ3v) is 15.1. The summed E-state index contributed by atoms with van der Waals surface area (Å²) in [5.74, 6) is 4.79. The Bertz CT molecular complexity index is 2010. The highest BCUT2D eigenvalue weighted by atomic mass is 16.6. The number of ether oxygens (including phenoxy) is 1. The minimum absolute atomic E-state index is 0.0878. The molecule has 6 heteroatoms. The Balaban J connectivity index is 0.836. The van der Waals surface area contributed by atoms with Gasteiger partial charge in [0.25, 0.3) is 0 Å². The Kier molecular flexibility index (Phi) is 12.6. The van der Waals surface area contributed by atoms with E-state index < -0.39 is 0 Å². The number of nitrogens with zero attached hydrogens (tertiary/aromatic N) is 1. The number of hydrogen-bond acceptors (Lipinski definition) is 4. The number of nitrogens with one attached hydrogen (secondary N) is 2. The van der Waals surface area contributed by atoms with Gasteiger partial charge in [-0.25, -0.2) is 4.79 Å².